The van der Waals surface area contributed by atoms with Gasteiger partial charge in [0.15, 0.2) is 11.6 Å². The molecule has 3 aromatic rings. The lowest BCUT2D eigenvalue weighted by Crippen LogP contribution is -2.40. The maximum atomic E-state index is 13.2. The summed E-state index contributed by atoms with van der Waals surface area (Å²) < 4.78 is 85.7. The number of carbonyl (C=O) groups is 2. The van der Waals surface area contributed by atoms with Crippen molar-refractivity contribution in [3.05, 3.63) is 70.4 Å². The Hall–Kier alpha value is -4.01. The second-order valence-corrected chi connectivity index (χ2v) is 8.73. The van der Waals surface area contributed by atoms with Gasteiger partial charge in [-0.15, -0.1) is 5.10 Å². The standard InChI is InChI=1S/C24H22F6N6O3/c1-13(32-21(37)16-9-17(23(25,26)27)11-18(10-16)24(28,29)30)20-33-14(2)34-36(20)19-4-3-15(12-31-19)22(38)35-5-7-39-8-6-35/h3-4,9-13H,5-8H2,1-2H3,(H,32,37)/t13-/m0/s1. The van der Waals surface area contributed by atoms with Crippen LogP contribution < -0.4 is 5.32 Å². The van der Waals surface area contributed by atoms with Gasteiger partial charge in [-0.3, -0.25) is 9.59 Å². The number of aryl methyl sites for hydroxylation is 1. The normalized spacial score (nSPS) is 15.2. The molecule has 9 nitrogen and oxygen atoms in total. The molecule has 1 fully saturated rings. The molecular weight excluding hydrogens is 534 g/mol. The van der Waals surface area contributed by atoms with Crippen LogP contribution in [-0.2, 0) is 17.1 Å². The van der Waals surface area contributed by atoms with Gasteiger partial charge in [-0.1, -0.05) is 0 Å². The third-order valence-corrected chi connectivity index (χ3v) is 5.83. The van der Waals surface area contributed by atoms with Crippen molar-refractivity contribution in [1.29, 1.82) is 0 Å². The molecule has 1 aliphatic heterocycles. The Labute approximate surface area is 217 Å². The average Bonchev–Trinajstić information content (AvgIpc) is 3.29. The summed E-state index contributed by atoms with van der Waals surface area (Å²) in [4.78, 5) is 35.5. The van der Waals surface area contributed by atoms with E-state index in [1.54, 1.807) is 11.8 Å². The fourth-order valence-electron chi connectivity index (χ4n) is 3.90. The quantitative estimate of drug-likeness (QED) is 0.478. The van der Waals surface area contributed by atoms with Crippen LogP contribution in [0.25, 0.3) is 5.82 Å². The number of halogens is 6. The molecule has 0 spiro atoms. The summed E-state index contributed by atoms with van der Waals surface area (Å²) in [6.07, 6.45) is -8.85. The molecule has 4 rings (SSSR count). The molecule has 0 bridgehead atoms. The first kappa shape index (κ1) is 28.0. The Morgan fingerprint density at radius 2 is 1.59 bits per heavy atom. The van der Waals surface area contributed by atoms with Gasteiger partial charge in [-0.05, 0) is 44.2 Å². The highest BCUT2D eigenvalue weighted by Crippen LogP contribution is 2.36. The lowest BCUT2D eigenvalue weighted by atomic mass is 10.0. The molecule has 0 saturated carbocycles. The summed E-state index contributed by atoms with van der Waals surface area (Å²) in [6.45, 7) is 4.74. The fourth-order valence-corrected chi connectivity index (χ4v) is 3.90. The summed E-state index contributed by atoms with van der Waals surface area (Å²) in [5.74, 6) is -0.801. The summed E-state index contributed by atoms with van der Waals surface area (Å²) in [7, 11) is 0. The van der Waals surface area contributed by atoms with Crippen molar-refractivity contribution in [2.75, 3.05) is 26.3 Å². The molecular formula is C24H22F6N6O3. The second kappa shape index (κ2) is 10.6. The van der Waals surface area contributed by atoms with Gasteiger partial charge < -0.3 is 15.0 Å². The minimum Gasteiger partial charge on any atom is -0.378 e. The fraction of sp³-hybridized carbons (Fsp3) is 0.375. The minimum absolute atomic E-state index is 0.0562. The lowest BCUT2D eigenvalue weighted by molar-refractivity contribution is -0.143. The highest BCUT2D eigenvalue weighted by Gasteiger charge is 2.37. The van der Waals surface area contributed by atoms with Gasteiger partial charge in [0.25, 0.3) is 11.8 Å². The van der Waals surface area contributed by atoms with E-state index in [2.05, 4.69) is 20.4 Å². The molecule has 3 heterocycles. The Kier molecular flexibility index (Phi) is 7.63. The summed E-state index contributed by atoms with van der Waals surface area (Å²) in [5, 5.41) is 6.59. The van der Waals surface area contributed by atoms with Gasteiger partial charge in [-0.25, -0.2) is 9.97 Å². The SMILES string of the molecule is Cc1nc([C@H](C)NC(=O)c2cc(C(F)(F)F)cc(C(F)(F)F)c2)n(-c2ccc(C(=O)N3CCOCC3)cn2)n1. The molecule has 2 amide bonds. The molecule has 1 atom stereocenters. The number of morpholine rings is 1. The molecule has 15 heteroatoms. The van der Waals surface area contributed by atoms with Crippen LogP contribution >= 0.6 is 0 Å². The summed E-state index contributed by atoms with van der Waals surface area (Å²) in [6, 6.07) is 2.67. The van der Waals surface area contributed by atoms with E-state index in [1.807, 2.05) is 0 Å². The van der Waals surface area contributed by atoms with E-state index in [1.165, 1.54) is 29.9 Å². The molecule has 2 aromatic heterocycles. The van der Waals surface area contributed by atoms with Gasteiger partial charge in [0, 0.05) is 24.8 Å². The summed E-state index contributed by atoms with van der Waals surface area (Å²) in [5.41, 5.74) is -3.71. The zero-order valence-electron chi connectivity index (χ0n) is 20.6. The third kappa shape index (κ3) is 6.35. The number of hydrogen-bond donors (Lipinski definition) is 1. The van der Waals surface area contributed by atoms with Crippen LogP contribution in [0.4, 0.5) is 26.3 Å². The molecule has 1 aliphatic rings. The number of rotatable bonds is 5. The maximum absolute atomic E-state index is 13.2. The van der Waals surface area contributed by atoms with Gasteiger partial charge in [0.1, 0.15) is 5.82 Å². The first-order chi connectivity index (χ1) is 18.2. The molecule has 208 valence electrons. The molecule has 39 heavy (non-hydrogen) atoms. The molecule has 1 saturated heterocycles. The maximum Gasteiger partial charge on any atom is 0.416 e. The minimum atomic E-state index is -5.10. The van der Waals surface area contributed by atoms with Gasteiger partial charge in [-0.2, -0.15) is 31.0 Å². The Morgan fingerprint density at radius 1 is 0.974 bits per heavy atom. The number of benzene rings is 1. The molecule has 1 aromatic carbocycles. The van der Waals surface area contributed by atoms with E-state index in [-0.39, 0.29) is 29.4 Å². The number of ether oxygens (including phenoxy) is 1. The number of alkyl halides is 6. The summed E-state index contributed by atoms with van der Waals surface area (Å²) >= 11 is 0. The number of pyridine rings is 1. The van der Waals surface area contributed by atoms with Crippen molar-refractivity contribution < 1.29 is 40.7 Å². The number of hydrogen-bond acceptors (Lipinski definition) is 6. The predicted molar refractivity (Wildman–Crippen MR) is 123 cm³/mol. The van der Waals surface area contributed by atoms with Crippen LogP contribution in [0.15, 0.2) is 36.5 Å². The highest BCUT2D eigenvalue weighted by atomic mass is 19.4. The van der Waals surface area contributed by atoms with Crippen LogP contribution in [0.5, 0.6) is 0 Å². The number of aromatic nitrogens is 4. The smallest absolute Gasteiger partial charge is 0.378 e. The van der Waals surface area contributed by atoms with Crippen LogP contribution in [-0.4, -0.2) is 62.8 Å². The number of nitrogens with one attached hydrogen (secondary N) is 1. The number of amides is 2. The third-order valence-electron chi connectivity index (χ3n) is 5.83. The van der Waals surface area contributed by atoms with Crippen LogP contribution in [0.3, 0.4) is 0 Å². The van der Waals surface area contributed by atoms with Gasteiger partial charge in [0.2, 0.25) is 0 Å². The van der Waals surface area contributed by atoms with Gasteiger partial charge in [0.05, 0.1) is 35.9 Å². The van der Waals surface area contributed by atoms with E-state index in [9.17, 15) is 35.9 Å². The van der Waals surface area contributed by atoms with Crippen molar-refractivity contribution in [3.8, 4) is 5.82 Å². The second-order valence-electron chi connectivity index (χ2n) is 8.73. The highest BCUT2D eigenvalue weighted by molar-refractivity contribution is 5.95. The van der Waals surface area contributed by atoms with Crippen molar-refractivity contribution in [3.63, 3.8) is 0 Å². The Morgan fingerprint density at radius 3 is 2.13 bits per heavy atom. The van der Waals surface area contributed by atoms with Gasteiger partial charge >= 0.3 is 12.4 Å². The van der Waals surface area contributed by atoms with Crippen molar-refractivity contribution >= 4 is 11.8 Å². The topological polar surface area (TPSA) is 102 Å². The van der Waals surface area contributed by atoms with Crippen LogP contribution in [0.1, 0.15) is 56.5 Å². The molecule has 0 aliphatic carbocycles. The first-order valence-corrected chi connectivity index (χ1v) is 11.6. The number of carbonyl (C=O) groups excluding carboxylic acids is 2. The van der Waals surface area contributed by atoms with Crippen LogP contribution in [0.2, 0.25) is 0 Å². The van der Waals surface area contributed by atoms with E-state index >= 15 is 0 Å². The largest absolute Gasteiger partial charge is 0.416 e. The predicted octanol–water partition coefficient (Wildman–Crippen LogP) is 3.97. The van der Waals surface area contributed by atoms with E-state index in [0.717, 1.165) is 0 Å². The zero-order chi connectivity index (χ0) is 28.5. The molecule has 1 N–H and O–H groups in total. The number of nitrogens with zero attached hydrogens (tertiary/aromatic N) is 5. The average molecular weight is 556 g/mol. The van der Waals surface area contributed by atoms with E-state index < -0.39 is 41.0 Å². The van der Waals surface area contributed by atoms with Crippen molar-refractivity contribution in [2.24, 2.45) is 0 Å². The van der Waals surface area contributed by atoms with Crippen molar-refractivity contribution in [2.45, 2.75) is 32.2 Å². The lowest BCUT2D eigenvalue weighted by Gasteiger charge is -2.26. The first-order valence-electron chi connectivity index (χ1n) is 11.6. The Bertz CT molecular complexity index is 1330. The zero-order valence-corrected chi connectivity index (χ0v) is 20.6. The molecule has 0 radical (unpaired) electrons. The monoisotopic (exact) mass is 556 g/mol. The van der Waals surface area contributed by atoms with E-state index in [4.69, 9.17) is 4.74 Å². The van der Waals surface area contributed by atoms with Crippen LogP contribution in [0, 0.1) is 6.92 Å². The Balaban J connectivity index is 1.57. The van der Waals surface area contributed by atoms with E-state index in [0.29, 0.717) is 44.0 Å². The molecule has 0 unspecified atom stereocenters. The van der Waals surface area contributed by atoms with Crippen molar-refractivity contribution in [1.82, 2.24) is 30.0 Å².